The van der Waals surface area contributed by atoms with E-state index in [0.717, 1.165) is 35.1 Å². The smallest absolute Gasteiger partial charge is 0.107 e. The molecule has 3 N–H and O–H groups in total. The summed E-state index contributed by atoms with van der Waals surface area (Å²) in [6, 6.07) is 6.09. The van der Waals surface area contributed by atoms with E-state index in [-0.39, 0.29) is 0 Å². The Kier molecular flexibility index (Phi) is 7.95. The van der Waals surface area contributed by atoms with Crippen molar-refractivity contribution < 1.29 is 4.74 Å². The first-order valence-electron chi connectivity index (χ1n) is 6.93. The summed E-state index contributed by atoms with van der Waals surface area (Å²) in [6.45, 7) is 8.62. The van der Waals surface area contributed by atoms with Crippen LogP contribution < -0.4 is 11.1 Å². The van der Waals surface area contributed by atoms with Crippen LogP contribution in [0.5, 0.6) is 0 Å². The van der Waals surface area contributed by atoms with Gasteiger partial charge in [-0.25, -0.2) is 0 Å². The predicted molar refractivity (Wildman–Crippen MR) is 92.9 cm³/mol. The van der Waals surface area contributed by atoms with Crippen LogP contribution in [0.15, 0.2) is 23.1 Å². The lowest BCUT2D eigenvalue weighted by Gasteiger charge is -2.15. The molecule has 0 aliphatic carbocycles. The molecule has 112 valence electrons. The van der Waals surface area contributed by atoms with E-state index >= 15 is 0 Å². The lowest BCUT2D eigenvalue weighted by Crippen LogP contribution is -2.17. The van der Waals surface area contributed by atoms with Crippen LogP contribution in [0.25, 0.3) is 0 Å². The highest BCUT2D eigenvalue weighted by atomic mass is 32.2. The predicted octanol–water partition coefficient (Wildman–Crippen LogP) is 3.52. The standard InChI is InChI=1S/C15H24N2OS2/c1-4-20-13-7-5-6-12(14(13)15(16)19)17-8-9-18-10-11(2)3/h5-7,11,17H,4,8-10H2,1-3H3,(H2,16,19). The van der Waals surface area contributed by atoms with Crippen molar-refractivity contribution in [1.29, 1.82) is 0 Å². The number of nitrogens with two attached hydrogens (primary N) is 1. The molecule has 1 aromatic rings. The molecule has 0 atom stereocenters. The second-order valence-corrected chi connectivity index (χ2v) is 6.62. The molecular weight excluding hydrogens is 288 g/mol. The fraction of sp³-hybridized carbons (Fsp3) is 0.533. The van der Waals surface area contributed by atoms with E-state index in [2.05, 4.69) is 32.2 Å². The van der Waals surface area contributed by atoms with E-state index in [1.165, 1.54) is 0 Å². The molecule has 0 spiro atoms. The maximum atomic E-state index is 5.86. The van der Waals surface area contributed by atoms with Crippen LogP contribution in [-0.4, -0.2) is 30.5 Å². The number of ether oxygens (including phenoxy) is 1. The Morgan fingerprint density at radius 1 is 1.45 bits per heavy atom. The second kappa shape index (κ2) is 9.21. The van der Waals surface area contributed by atoms with Gasteiger partial charge in [0.1, 0.15) is 4.99 Å². The average molecular weight is 313 g/mol. The maximum Gasteiger partial charge on any atom is 0.107 e. The van der Waals surface area contributed by atoms with Crippen molar-refractivity contribution in [3.8, 4) is 0 Å². The van der Waals surface area contributed by atoms with Crippen molar-refractivity contribution in [2.45, 2.75) is 25.7 Å². The Hall–Kier alpha value is -0.780. The van der Waals surface area contributed by atoms with E-state index in [1.807, 2.05) is 12.1 Å². The third-order valence-electron chi connectivity index (χ3n) is 2.59. The van der Waals surface area contributed by atoms with E-state index in [1.54, 1.807) is 11.8 Å². The van der Waals surface area contributed by atoms with Gasteiger partial charge in [0.25, 0.3) is 0 Å². The normalized spacial score (nSPS) is 10.8. The van der Waals surface area contributed by atoms with Gasteiger partial charge in [0.15, 0.2) is 0 Å². The molecular formula is C15H24N2OS2. The summed E-state index contributed by atoms with van der Waals surface area (Å²) in [6.07, 6.45) is 0. The van der Waals surface area contributed by atoms with Crippen LogP contribution in [0, 0.1) is 5.92 Å². The summed E-state index contributed by atoms with van der Waals surface area (Å²) >= 11 is 6.93. The number of anilines is 1. The molecule has 0 heterocycles. The quantitative estimate of drug-likeness (QED) is 0.415. The van der Waals surface area contributed by atoms with Crippen LogP contribution in [0.2, 0.25) is 0 Å². The van der Waals surface area contributed by atoms with Gasteiger partial charge >= 0.3 is 0 Å². The lowest BCUT2D eigenvalue weighted by atomic mass is 10.1. The van der Waals surface area contributed by atoms with Crippen LogP contribution in [0.4, 0.5) is 5.69 Å². The summed E-state index contributed by atoms with van der Waals surface area (Å²) in [5.41, 5.74) is 7.80. The molecule has 0 amide bonds. The molecule has 0 saturated heterocycles. The second-order valence-electron chi connectivity index (χ2n) is 4.87. The van der Waals surface area contributed by atoms with Gasteiger partial charge < -0.3 is 15.8 Å². The summed E-state index contributed by atoms with van der Waals surface area (Å²) in [7, 11) is 0. The summed E-state index contributed by atoms with van der Waals surface area (Å²) in [5, 5.41) is 3.36. The summed E-state index contributed by atoms with van der Waals surface area (Å²) in [4.78, 5) is 1.57. The minimum atomic E-state index is 0.437. The third kappa shape index (κ3) is 5.69. The number of thioether (sulfide) groups is 1. The molecule has 0 radical (unpaired) electrons. The number of hydrogen-bond donors (Lipinski definition) is 2. The van der Waals surface area contributed by atoms with Crippen molar-refractivity contribution in [2.24, 2.45) is 11.7 Å². The molecule has 0 fully saturated rings. The number of rotatable bonds is 9. The van der Waals surface area contributed by atoms with Gasteiger partial charge in [-0.2, -0.15) is 0 Å². The van der Waals surface area contributed by atoms with E-state index in [4.69, 9.17) is 22.7 Å². The van der Waals surface area contributed by atoms with E-state index in [9.17, 15) is 0 Å². The van der Waals surface area contributed by atoms with Gasteiger partial charge in [0.2, 0.25) is 0 Å². The molecule has 0 bridgehead atoms. The average Bonchev–Trinajstić information content (AvgIpc) is 2.38. The fourth-order valence-corrected chi connectivity index (χ4v) is 2.92. The molecule has 5 heteroatoms. The minimum absolute atomic E-state index is 0.437. The SMILES string of the molecule is CCSc1cccc(NCCOCC(C)C)c1C(N)=S. The van der Waals surface area contributed by atoms with E-state index < -0.39 is 0 Å². The van der Waals surface area contributed by atoms with Gasteiger partial charge in [-0.3, -0.25) is 0 Å². The Morgan fingerprint density at radius 2 is 2.20 bits per heavy atom. The summed E-state index contributed by atoms with van der Waals surface area (Å²) in [5.74, 6) is 1.56. The van der Waals surface area contributed by atoms with Crippen LogP contribution in [-0.2, 0) is 4.74 Å². The monoisotopic (exact) mass is 312 g/mol. The molecule has 0 aromatic heterocycles. The Morgan fingerprint density at radius 3 is 2.80 bits per heavy atom. The van der Waals surface area contributed by atoms with Gasteiger partial charge in [-0.05, 0) is 23.8 Å². The molecule has 1 aromatic carbocycles. The zero-order valence-corrected chi connectivity index (χ0v) is 14.1. The van der Waals surface area contributed by atoms with E-state index in [0.29, 0.717) is 17.5 Å². The van der Waals surface area contributed by atoms with Gasteiger partial charge in [-0.15, -0.1) is 11.8 Å². The summed E-state index contributed by atoms with van der Waals surface area (Å²) < 4.78 is 5.56. The number of nitrogens with one attached hydrogen (secondary N) is 1. The molecule has 3 nitrogen and oxygen atoms in total. The topological polar surface area (TPSA) is 47.3 Å². The number of thiocarbonyl (C=S) groups is 1. The van der Waals surface area contributed by atoms with Gasteiger partial charge in [-0.1, -0.05) is 39.1 Å². The first-order valence-corrected chi connectivity index (χ1v) is 8.32. The Labute approximate surface area is 131 Å². The highest BCUT2D eigenvalue weighted by Gasteiger charge is 2.10. The van der Waals surface area contributed by atoms with Crippen molar-refractivity contribution in [2.75, 3.05) is 30.8 Å². The van der Waals surface area contributed by atoms with Crippen LogP contribution in [0.1, 0.15) is 26.3 Å². The molecule has 1 rings (SSSR count). The molecule has 20 heavy (non-hydrogen) atoms. The van der Waals surface area contributed by atoms with Crippen molar-refractivity contribution in [1.82, 2.24) is 0 Å². The van der Waals surface area contributed by atoms with Crippen LogP contribution in [0.3, 0.4) is 0 Å². The highest BCUT2D eigenvalue weighted by Crippen LogP contribution is 2.28. The Bertz CT molecular complexity index is 436. The molecule has 0 saturated carbocycles. The fourth-order valence-electron chi connectivity index (χ4n) is 1.79. The zero-order chi connectivity index (χ0) is 15.0. The largest absolute Gasteiger partial charge is 0.389 e. The van der Waals surface area contributed by atoms with Gasteiger partial charge in [0.05, 0.1) is 6.61 Å². The van der Waals surface area contributed by atoms with Crippen molar-refractivity contribution >= 4 is 34.7 Å². The van der Waals surface area contributed by atoms with Crippen molar-refractivity contribution in [3.05, 3.63) is 23.8 Å². The Balaban J connectivity index is 2.64. The van der Waals surface area contributed by atoms with Crippen LogP contribution >= 0.6 is 24.0 Å². The maximum absolute atomic E-state index is 5.86. The number of hydrogen-bond acceptors (Lipinski definition) is 4. The molecule has 0 aliphatic heterocycles. The highest BCUT2D eigenvalue weighted by molar-refractivity contribution is 7.99. The first kappa shape index (κ1) is 17.3. The molecule has 0 aliphatic rings. The zero-order valence-electron chi connectivity index (χ0n) is 12.4. The van der Waals surface area contributed by atoms with Crippen molar-refractivity contribution in [3.63, 3.8) is 0 Å². The third-order valence-corrected chi connectivity index (χ3v) is 3.73. The lowest BCUT2D eigenvalue weighted by molar-refractivity contribution is 0.118. The van der Waals surface area contributed by atoms with Gasteiger partial charge in [0, 0.05) is 29.3 Å². The first-order chi connectivity index (χ1) is 9.56. The minimum Gasteiger partial charge on any atom is -0.389 e. The number of benzene rings is 1. The molecule has 0 unspecified atom stereocenters.